The lowest BCUT2D eigenvalue weighted by atomic mass is 9.95. The number of aromatic nitrogens is 6. The molecule has 0 bridgehead atoms. The summed E-state index contributed by atoms with van der Waals surface area (Å²) in [6, 6.07) is 0. The molecule has 2 amide bonds. The molecule has 3 N–H and O–H groups in total. The summed E-state index contributed by atoms with van der Waals surface area (Å²) in [4.78, 5) is 35.6. The van der Waals surface area contributed by atoms with Crippen LogP contribution in [0.4, 0.5) is 0 Å². The summed E-state index contributed by atoms with van der Waals surface area (Å²) < 4.78 is 1.63. The van der Waals surface area contributed by atoms with Crippen LogP contribution >= 0.6 is 0 Å². The largest absolute Gasteiger partial charge is 0.365 e. The number of nitrogens with two attached hydrogens (primary N) is 1. The van der Waals surface area contributed by atoms with E-state index in [0.29, 0.717) is 35.9 Å². The minimum atomic E-state index is -0.549. The van der Waals surface area contributed by atoms with Gasteiger partial charge < -0.3 is 10.6 Å². The Balaban J connectivity index is 1.20. The molecule has 5 rings (SSSR count). The second kappa shape index (κ2) is 7.99. The normalized spacial score (nSPS) is 17.2. The van der Waals surface area contributed by atoms with E-state index in [1.54, 1.807) is 4.52 Å². The minimum Gasteiger partial charge on any atom is -0.365 e. The fraction of sp³-hybridized carbons (Fsp3) is 0.545. The fourth-order valence-corrected chi connectivity index (χ4v) is 4.63. The molecule has 0 aromatic carbocycles. The molecule has 4 heterocycles. The van der Waals surface area contributed by atoms with Gasteiger partial charge in [0.25, 0.3) is 5.91 Å². The number of hydrogen-bond donors (Lipinski definition) is 2. The number of nitrogens with one attached hydrogen (secondary N) is 1. The molecule has 1 aliphatic carbocycles. The number of carbonyl (C=O) groups excluding carboxylic acids is 2. The molecule has 10 heteroatoms. The van der Waals surface area contributed by atoms with Crippen LogP contribution in [0, 0.1) is 13.8 Å². The highest BCUT2D eigenvalue weighted by molar-refractivity contribution is 5.98. The zero-order chi connectivity index (χ0) is 22.4. The lowest BCUT2D eigenvalue weighted by Crippen LogP contribution is -2.38. The number of piperidine rings is 1. The van der Waals surface area contributed by atoms with Crippen LogP contribution in [0.5, 0.6) is 0 Å². The van der Waals surface area contributed by atoms with Crippen molar-refractivity contribution in [1.29, 1.82) is 0 Å². The van der Waals surface area contributed by atoms with E-state index in [0.717, 1.165) is 54.5 Å². The summed E-state index contributed by atoms with van der Waals surface area (Å²) >= 11 is 0. The summed E-state index contributed by atoms with van der Waals surface area (Å²) in [5, 5.41) is 11.7. The molecular weight excluding hydrogens is 408 g/mol. The monoisotopic (exact) mass is 436 g/mol. The summed E-state index contributed by atoms with van der Waals surface area (Å²) in [7, 11) is 0. The van der Waals surface area contributed by atoms with Crippen LogP contribution in [0.15, 0.2) is 6.20 Å². The van der Waals surface area contributed by atoms with E-state index in [2.05, 4.69) is 25.3 Å². The number of amides is 2. The van der Waals surface area contributed by atoms with E-state index in [9.17, 15) is 9.59 Å². The standard InChI is InChI=1S/C22H28N8O2/c1-12-16(13(2)30-22(25-12)17(11-24-30)19(23)32)5-6-18(31)29-9-7-15(8-10-29)21-26-20(27-28-21)14-3-4-14/h11,14-15H,3-10H2,1-2H3,(H2,23,32)(H,26,27,28). The second-order valence-electron chi connectivity index (χ2n) is 8.93. The first-order chi connectivity index (χ1) is 15.4. The highest BCUT2D eigenvalue weighted by atomic mass is 16.2. The number of H-pyrrole nitrogens is 1. The molecule has 32 heavy (non-hydrogen) atoms. The van der Waals surface area contributed by atoms with Gasteiger partial charge in [-0.2, -0.15) is 10.2 Å². The topological polar surface area (TPSA) is 135 Å². The Morgan fingerprint density at radius 3 is 2.56 bits per heavy atom. The molecule has 1 aliphatic heterocycles. The molecule has 0 atom stereocenters. The van der Waals surface area contributed by atoms with Gasteiger partial charge in [0.05, 0.1) is 6.20 Å². The summed E-state index contributed by atoms with van der Waals surface area (Å²) in [5.41, 5.74) is 8.83. The lowest BCUT2D eigenvalue weighted by molar-refractivity contribution is -0.132. The summed E-state index contributed by atoms with van der Waals surface area (Å²) in [6.45, 7) is 5.29. The predicted octanol–water partition coefficient (Wildman–Crippen LogP) is 1.78. The second-order valence-corrected chi connectivity index (χ2v) is 8.93. The fourth-order valence-electron chi connectivity index (χ4n) is 4.63. The van der Waals surface area contributed by atoms with E-state index in [1.165, 1.54) is 19.0 Å². The van der Waals surface area contributed by atoms with Crippen molar-refractivity contribution in [2.75, 3.05) is 13.1 Å². The van der Waals surface area contributed by atoms with Crippen LogP contribution in [-0.4, -0.2) is 59.6 Å². The molecule has 168 valence electrons. The number of nitrogens with zero attached hydrogens (tertiary/aromatic N) is 6. The van der Waals surface area contributed by atoms with Gasteiger partial charge in [0.15, 0.2) is 11.5 Å². The number of likely N-dealkylation sites (tertiary alicyclic amines) is 1. The Hall–Kier alpha value is -3.30. The number of rotatable bonds is 6. The maximum absolute atomic E-state index is 12.9. The average molecular weight is 437 g/mol. The first kappa shape index (κ1) is 20.6. The van der Waals surface area contributed by atoms with Gasteiger partial charge in [-0.25, -0.2) is 14.5 Å². The smallest absolute Gasteiger partial charge is 0.254 e. The summed E-state index contributed by atoms with van der Waals surface area (Å²) in [5.74, 6) is 2.42. The quantitative estimate of drug-likeness (QED) is 0.605. The van der Waals surface area contributed by atoms with Crippen molar-refractivity contribution in [3.05, 3.63) is 40.4 Å². The summed E-state index contributed by atoms with van der Waals surface area (Å²) in [6.07, 6.45) is 6.63. The van der Waals surface area contributed by atoms with Gasteiger partial charge in [0.1, 0.15) is 11.4 Å². The number of hydrogen-bond acceptors (Lipinski definition) is 6. The van der Waals surface area contributed by atoms with Gasteiger partial charge >= 0.3 is 0 Å². The molecule has 3 aromatic heterocycles. The van der Waals surface area contributed by atoms with Crippen molar-refractivity contribution >= 4 is 17.5 Å². The SMILES string of the molecule is Cc1nc2c(C(N)=O)cnn2c(C)c1CCC(=O)N1CCC(c2nc(C3CC3)n[nH]2)CC1. The Kier molecular flexibility index (Phi) is 5.15. The van der Waals surface area contributed by atoms with E-state index in [1.807, 2.05) is 18.7 Å². The van der Waals surface area contributed by atoms with Gasteiger partial charge in [-0.05, 0) is 51.5 Å². The van der Waals surface area contributed by atoms with Gasteiger partial charge in [0, 0.05) is 42.7 Å². The Labute approximate surface area is 185 Å². The third-order valence-electron chi connectivity index (χ3n) is 6.76. The van der Waals surface area contributed by atoms with E-state index >= 15 is 0 Å². The average Bonchev–Trinajstić information content (AvgIpc) is 3.35. The van der Waals surface area contributed by atoms with Gasteiger partial charge in [-0.3, -0.25) is 14.7 Å². The van der Waals surface area contributed by atoms with Crippen molar-refractivity contribution in [2.45, 2.75) is 64.2 Å². The molecule has 0 spiro atoms. The maximum Gasteiger partial charge on any atom is 0.254 e. The predicted molar refractivity (Wildman–Crippen MR) is 116 cm³/mol. The van der Waals surface area contributed by atoms with Crippen molar-refractivity contribution in [2.24, 2.45) is 5.73 Å². The van der Waals surface area contributed by atoms with Crippen molar-refractivity contribution in [1.82, 2.24) is 34.7 Å². The van der Waals surface area contributed by atoms with Crippen LogP contribution in [0.1, 0.15) is 82.9 Å². The highest BCUT2D eigenvalue weighted by Gasteiger charge is 2.30. The molecule has 10 nitrogen and oxygen atoms in total. The molecule has 2 fully saturated rings. The van der Waals surface area contributed by atoms with Gasteiger partial charge in [-0.15, -0.1) is 0 Å². The van der Waals surface area contributed by atoms with Crippen LogP contribution in [0.25, 0.3) is 5.65 Å². The van der Waals surface area contributed by atoms with E-state index < -0.39 is 5.91 Å². The Morgan fingerprint density at radius 1 is 1.12 bits per heavy atom. The van der Waals surface area contributed by atoms with E-state index in [-0.39, 0.29) is 5.91 Å². The molecule has 0 radical (unpaired) electrons. The highest BCUT2D eigenvalue weighted by Crippen LogP contribution is 2.38. The number of fused-ring (bicyclic) bond motifs is 1. The van der Waals surface area contributed by atoms with Crippen molar-refractivity contribution < 1.29 is 9.59 Å². The van der Waals surface area contributed by atoms with Crippen LogP contribution in [0.2, 0.25) is 0 Å². The van der Waals surface area contributed by atoms with Crippen LogP contribution < -0.4 is 5.73 Å². The third kappa shape index (κ3) is 3.74. The minimum absolute atomic E-state index is 0.150. The van der Waals surface area contributed by atoms with Crippen LogP contribution in [-0.2, 0) is 11.2 Å². The van der Waals surface area contributed by atoms with Crippen LogP contribution in [0.3, 0.4) is 0 Å². The number of carbonyl (C=O) groups is 2. The third-order valence-corrected chi connectivity index (χ3v) is 6.76. The number of aromatic amines is 1. The molecule has 1 saturated heterocycles. The van der Waals surface area contributed by atoms with Crippen molar-refractivity contribution in [3.8, 4) is 0 Å². The Bertz CT molecular complexity index is 1180. The number of primary amides is 1. The Morgan fingerprint density at radius 2 is 1.88 bits per heavy atom. The maximum atomic E-state index is 12.9. The number of aryl methyl sites for hydroxylation is 2. The molecule has 0 unspecified atom stereocenters. The van der Waals surface area contributed by atoms with Gasteiger partial charge in [-0.1, -0.05) is 0 Å². The lowest BCUT2D eigenvalue weighted by Gasteiger charge is -2.31. The first-order valence-electron chi connectivity index (χ1n) is 11.3. The van der Waals surface area contributed by atoms with Crippen molar-refractivity contribution in [3.63, 3.8) is 0 Å². The van der Waals surface area contributed by atoms with E-state index in [4.69, 9.17) is 5.73 Å². The molecular formula is C22H28N8O2. The molecule has 3 aromatic rings. The zero-order valence-corrected chi connectivity index (χ0v) is 18.5. The first-order valence-corrected chi connectivity index (χ1v) is 11.3. The molecule has 1 saturated carbocycles. The zero-order valence-electron chi connectivity index (χ0n) is 18.5. The van der Waals surface area contributed by atoms with Gasteiger partial charge in [0.2, 0.25) is 5.91 Å². The molecule has 2 aliphatic rings.